The molecule has 0 unspecified atom stereocenters. The number of ether oxygens (including phenoxy) is 1. The van der Waals surface area contributed by atoms with Crippen LogP contribution >= 0.6 is 11.8 Å². The average Bonchev–Trinajstić information content (AvgIpc) is 2.72. The van der Waals surface area contributed by atoms with Gasteiger partial charge < -0.3 is 10.1 Å². The van der Waals surface area contributed by atoms with Crippen molar-refractivity contribution in [1.82, 2.24) is 15.3 Å². The van der Waals surface area contributed by atoms with Gasteiger partial charge in [0.1, 0.15) is 5.75 Å². The van der Waals surface area contributed by atoms with Crippen molar-refractivity contribution in [1.29, 1.82) is 0 Å². The number of nitrogens with one attached hydrogen (secondary N) is 1. The number of carbonyl (C=O) groups excluding carboxylic acids is 1. The summed E-state index contributed by atoms with van der Waals surface area (Å²) in [5.74, 6) is 0.972. The molecule has 0 saturated carbocycles. The van der Waals surface area contributed by atoms with Crippen LogP contribution in [-0.2, 0) is 0 Å². The van der Waals surface area contributed by atoms with Gasteiger partial charge in [0.05, 0.1) is 0 Å². The maximum atomic E-state index is 12.1. The highest BCUT2D eigenvalue weighted by Gasteiger charge is 2.11. The molecular weight excluding hydrogens is 370 g/mol. The monoisotopic (exact) mass is 393 g/mol. The smallest absolute Gasteiger partial charge is 0.252 e. The van der Waals surface area contributed by atoms with Gasteiger partial charge in [-0.1, -0.05) is 42.8 Å². The molecule has 0 spiro atoms. The molecule has 0 saturated heterocycles. The second-order valence-electron chi connectivity index (χ2n) is 6.32. The number of aryl methyl sites for hydroxylation is 1. The van der Waals surface area contributed by atoms with Crippen LogP contribution in [0.5, 0.6) is 11.6 Å². The molecule has 0 atom stereocenters. The molecule has 0 bridgehead atoms. The number of carbonyl (C=O) groups is 1. The van der Waals surface area contributed by atoms with E-state index in [4.69, 9.17) is 4.74 Å². The fourth-order valence-electron chi connectivity index (χ4n) is 2.44. The highest BCUT2D eigenvalue weighted by Crippen LogP contribution is 2.33. The standard InChI is InChI=1S/C22H23N3O2S/c1-3-4-13-23-20(26)17-7-9-18(10-8-17)27-21-22(25-15-14-24-21)28-19-11-5-16(2)6-12-19/h5-12,14-15H,3-4,13H2,1-2H3,(H,23,26). The summed E-state index contributed by atoms with van der Waals surface area (Å²) < 4.78 is 5.91. The summed E-state index contributed by atoms with van der Waals surface area (Å²) in [4.78, 5) is 21.9. The number of aromatic nitrogens is 2. The first-order valence-electron chi connectivity index (χ1n) is 9.27. The third-order valence-electron chi connectivity index (χ3n) is 4.02. The Bertz CT molecular complexity index is 912. The molecule has 1 N–H and O–H groups in total. The van der Waals surface area contributed by atoms with Crippen LogP contribution in [0.4, 0.5) is 0 Å². The zero-order valence-electron chi connectivity index (χ0n) is 16.0. The number of benzene rings is 2. The molecule has 1 aromatic heterocycles. The Kier molecular flexibility index (Phi) is 7.03. The van der Waals surface area contributed by atoms with Crippen molar-refractivity contribution in [3.05, 3.63) is 72.1 Å². The van der Waals surface area contributed by atoms with E-state index >= 15 is 0 Å². The first-order chi connectivity index (χ1) is 13.7. The van der Waals surface area contributed by atoms with Crippen LogP contribution in [0.25, 0.3) is 0 Å². The summed E-state index contributed by atoms with van der Waals surface area (Å²) in [6.07, 6.45) is 5.27. The Hall–Kier alpha value is -2.86. The minimum Gasteiger partial charge on any atom is -0.437 e. The third kappa shape index (κ3) is 5.57. The first kappa shape index (κ1) is 19.9. The maximum absolute atomic E-state index is 12.1. The Balaban J connectivity index is 1.68. The number of nitrogens with zero attached hydrogens (tertiary/aromatic N) is 2. The molecule has 1 amide bonds. The Labute approximate surface area is 169 Å². The minimum absolute atomic E-state index is 0.0740. The molecule has 0 aliphatic rings. The van der Waals surface area contributed by atoms with Gasteiger partial charge in [0, 0.05) is 29.4 Å². The van der Waals surface area contributed by atoms with Crippen LogP contribution in [0, 0.1) is 6.92 Å². The predicted molar refractivity (Wildman–Crippen MR) is 111 cm³/mol. The Morgan fingerprint density at radius 3 is 2.46 bits per heavy atom. The SMILES string of the molecule is CCCCNC(=O)c1ccc(Oc2nccnc2Sc2ccc(C)cc2)cc1. The molecule has 3 aromatic rings. The van der Waals surface area contributed by atoms with E-state index in [0.717, 1.165) is 17.7 Å². The Morgan fingerprint density at radius 1 is 1.04 bits per heavy atom. The maximum Gasteiger partial charge on any atom is 0.252 e. The lowest BCUT2D eigenvalue weighted by Crippen LogP contribution is -2.24. The molecule has 1 heterocycles. The summed E-state index contributed by atoms with van der Waals surface area (Å²) >= 11 is 1.50. The van der Waals surface area contributed by atoms with Gasteiger partial charge in [-0.25, -0.2) is 9.97 Å². The van der Waals surface area contributed by atoms with Gasteiger partial charge in [0.15, 0.2) is 5.03 Å². The number of hydrogen-bond donors (Lipinski definition) is 1. The van der Waals surface area contributed by atoms with Gasteiger partial charge in [0.2, 0.25) is 0 Å². The van der Waals surface area contributed by atoms with E-state index in [2.05, 4.69) is 41.3 Å². The van der Waals surface area contributed by atoms with Crippen LogP contribution in [0.2, 0.25) is 0 Å². The normalized spacial score (nSPS) is 10.5. The summed E-state index contributed by atoms with van der Waals surface area (Å²) in [6.45, 7) is 4.84. The fourth-order valence-corrected chi connectivity index (χ4v) is 3.23. The van der Waals surface area contributed by atoms with Crippen LogP contribution < -0.4 is 10.1 Å². The lowest BCUT2D eigenvalue weighted by molar-refractivity contribution is 0.0953. The van der Waals surface area contributed by atoms with Gasteiger partial charge in [0.25, 0.3) is 11.8 Å². The molecule has 3 rings (SSSR count). The van der Waals surface area contributed by atoms with Crippen molar-refractivity contribution in [2.24, 2.45) is 0 Å². The van der Waals surface area contributed by atoms with Gasteiger partial charge in [-0.05, 0) is 49.7 Å². The quantitative estimate of drug-likeness (QED) is 0.529. The molecule has 0 fully saturated rings. The van der Waals surface area contributed by atoms with Crippen molar-refractivity contribution in [3.8, 4) is 11.6 Å². The van der Waals surface area contributed by atoms with E-state index in [0.29, 0.717) is 28.8 Å². The molecule has 28 heavy (non-hydrogen) atoms. The lowest BCUT2D eigenvalue weighted by Gasteiger charge is -2.09. The van der Waals surface area contributed by atoms with Gasteiger partial charge in [-0.2, -0.15) is 0 Å². The van der Waals surface area contributed by atoms with Gasteiger partial charge >= 0.3 is 0 Å². The first-order valence-corrected chi connectivity index (χ1v) is 10.1. The van der Waals surface area contributed by atoms with Crippen molar-refractivity contribution in [3.63, 3.8) is 0 Å². The second kappa shape index (κ2) is 9.90. The topological polar surface area (TPSA) is 64.1 Å². The van der Waals surface area contributed by atoms with E-state index < -0.39 is 0 Å². The number of rotatable bonds is 8. The fraction of sp³-hybridized carbons (Fsp3) is 0.227. The van der Waals surface area contributed by atoms with E-state index in [1.165, 1.54) is 17.3 Å². The highest BCUT2D eigenvalue weighted by molar-refractivity contribution is 7.99. The van der Waals surface area contributed by atoms with Crippen LogP contribution in [0.3, 0.4) is 0 Å². The molecule has 5 nitrogen and oxygen atoms in total. The average molecular weight is 394 g/mol. The number of amides is 1. The molecule has 0 aliphatic heterocycles. The summed E-state index contributed by atoms with van der Waals surface area (Å²) in [5.41, 5.74) is 1.82. The molecule has 144 valence electrons. The van der Waals surface area contributed by atoms with E-state index in [-0.39, 0.29) is 5.91 Å². The van der Waals surface area contributed by atoms with E-state index in [1.807, 2.05) is 12.1 Å². The second-order valence-corrected chi connectivity index (χ2v) is 7.38. The van der Waals surface area contributed by atoms with E-state index in [9.17, 15) is 4.79 Å². The highest BCUT2D eigenvalue weighted by atomic mass is 32.2. The summed E-state index contributed by atoms with van der Waals surface area (Å²) in [5, 5.41) is 3.59. The van der Waals surface area contributed by atoms with Crippen molar-refractivity contribution < 1.29 is 9.53 Å². The van der Waals surface area contributed by atoms with Crippen LogP contribution in [0.1, 0.15) is 35.7 Å². The van der Waals surface area contributed by atoms with Crippen LogP contribution in [-0.4, -0.2) is 22.4 Å². The largest absolute Gasteiger partial charge is 0.437 e. The predicted octanol–water partition coefficient (Wildman–Crippen LogP) is 5.26. The van der Waals surface area contributed by atoms with Crippen molar-refractivity contribution >= 4 is 17.7 Å². The van der Waals surface area contributed by atoms with Gasteiger partial charge in [-0.3, -0.25) is 4.79 Å². The van der Waals surface area contributed by atoms with Crippen molar-refractivity contribution in [2.45, 2.75) is 36.6 Å². The molecule has 0 aliphatic carbocycles. The minimum atomic E-state index is -0.0740. The number of unbranched alkanes of at least 4 members (excludes halogenated alkanes) is 1. The molecule has 2 aromatic carbocycles. The number of hydrogen-bond acceptors (Lipinski definition) is 5. The zero-order chi connectivity index (χ0) is 19.8. The molecule has 0 radical (unpaired) electrons. The van der Waals surface area contributed by atoms with E-state index in [1.54, 1.807) is 36.7 Å². The van der Waals surface area contributed by atoms with Crippen molar-refractivity contribution in [2.75, 3.05) is 6.54 Å². The molecular formula is C22H23N3O2S. The third-order valence-corrected chi connectivity index (χ3v) is 5.00. The van der Waals surface area contributed by atoms with Crippen LogP contribution in [0.15, 0.2) is 70.8 Å². The molecule has 6 heteroatoms. The van der Waals surface area contributed by atoms with Gasteiger partial charge in [-0.15, -0.1) is 0 Å². The summed E-state index contributed by atoms with van der Waals surface area (Å²) in [7, 11) is 0. The Morgan fingerprint density at radius 2 is 1.75 bits per heavy atom. The zero-order valence-corrected chi connectivity index (χ0v) is 16.8. The lowest BCUT2D eigenvalue weighted by atomic mass is 10.2. The summed E-state index contributed by atoms with van der Waals surface area (Å²) in [6, 6.07) is 15.2.